The summed E-state index contributed by atoms with van der Waals surface area (Å²) >= 11 is 0. The molecule has 6 heteroatoms. The molecule has 18 heavy (non-hydrogen) atoms. The minimum Gasteiger partial charge on any atom is -0.365 e. The van der Waals surface area contributed by atoms with E-state index in [9.17, 15) is 13.2 Å². The summed E-state index contributed by atoms with van der Waals surface area (Å²) in [7, 11) is 0. The van der Waals surface area contributed by atoms with E-state index in [2.05, 4.69) is 0 Å². The predicted octanol–water partition coefficient (Wildman–Crippen LogP) is 2.43. The van der Waals surface area contributed by atoms with E-state index < -0.39 is 17.8 Å². The number of nitrogens with zero attached hydrogens (tertiary/aromatic N) is 2. The molecule has 1 fully saturated rings. The Labute approximate surface area is 102 Å². The Morgan fingerprint density at radius 3 is 2.72 bits per heavy atom. The lowest BCUT2D eigenvalue weighted by molar-refractivity contribution is -0.137. The molecule has 1 unspecified atom stereocenters. The van der Waals surface area contributed by atoms with E-state index in [-0.39, 0.29) is 18.8 Å². The van der Waals surface area contributed by atoms with Crippen LogP contribution in [0.4, 0.5) is 18.9 Å². The first kappa shape index (κ1) is 12.7. The zero-order chi connectivity index (χ0) is 13.2. The molecule has 96 valence electrons. The van der Waals surface area contributed by atoms with Crippen LogP contribution >= 0.6 is 0 Å². The number of anilines is 1. The Morgan fingerprint density at radius 1 is 1.33 bits per heavy atom. The first-order valence-corrected chi connectivity index (χ1v) is 5.45. The van der Waals surface area contributed by atoms with Crippen LogP contribution in [0.2, 0.25) is 0 Å². The molecule has 0 saturated carbocycles. The predicted molar refractivity (Wildman–Crippen MR) is 59.0 cm³/mol. The molecule has 3 nitrogen and oxygen atoms in total. The Balaban J connectivity index is 2.31. The van der Waals surface area contributed by atoms with Crippen molar-refractivity contribution in [3.63, 3.8) is 0 Å². The SMILES string of the molecule is N#CC1CN(c2ccccc2C(F)(F)F)CCO1. The van der Waals surface area contributed by atoms with Gasteiger partial charge < -0.3 is 9.64 Å². The van der Waals surface area contributed by atoms with Crippen molar-refractivity contribution in [2.24, 2.45) is 0 Å². The maximum Gasteiger partial charge on any atom is 0.418 e. The van der Waals surface area contributed by atoms with Crippen LogP contribution in [0.3, 0.4) is 0 Å². The number of nitriles is 1. The number of morpholine rings is 1. The van der Waals surface area contributed by atoms with Gasteiger partial charge in [-0.1, -0.05) is 12.1 Å². The lowest BCUT2D eigenvalue weighted by atomic mass is 10.1. The van der Waals surface area contributed by atoms with Crippen molar-refractivity contribution in [3.05, 3.63) is 29.8 Å². The minimum absolute atomic E-state index is 0.105. The van der Waals surface area contributed by atoms with Crippen LogP contribution in [0, 0.1) is 11.3 Å². The van der Waals surface area contributed by atoms with Gasteiger partial charge in [0.25, 0.3) is 0 Å². The summed E-state index contributed by atoms with van der Waals surface area (Å²) in [5.41, 5.74) is -0.572. The van der Waals surface area contributed by atoms with Crippen molar-refractivity contribution in [3.8, 4) is 6.07 Å². The second-order valence-corrected chi connectivity index (χ2v) is 3.95. The quantitative estimate of drug-likeness (QED) is 0.774. The summed E-state index contributed by atoms with van der Waals surface area (Å²) in [5.74, 6) is 0. The molecule has 2 rings (SSSR count). The van der Waals surface area contributed by atoms with Gasteiger partial charge >= 0.3 is 6.18 Å². The number of benzene rings is 1. The summed E-state index contributed by atoms with van der Waals surface area (Å²) in [6, 6.07) is 7.30. The maximum atomic E-state index is 12.9. The molecule has 0 N–H and O–H groups in total. The summed E-state index contributed by atoms with van der Waals surface area (Å²) < 4.78 is 43.7. The van der Waals surface area contributed by atoms with Gasteiger partial charge in [-0.3, -0.25) is 0 Å². The van der Waals surface area contributed by atoms with E-state index in [1.807, 2.05) is 6.07 Å². The van der Waals surface area contributed by atoms with Crippen molar-refractivity contribution in [2.75, 3.05) is 24.6 Å². The second-order valence-electron chi connectivity index (χ2n) is 3.95. The van der Waals surface area contributed by atoms with E-state index in [1.54, 1.807) is 11.0 Å². The molecule has 0 spiro atoms. The van der Waals surface area contributed by atoms with Crippen molar-refractivity contribution >= 4 is 5.69 Å². The van der Waals surface area contributed by atoms with E-state index in [4.69, 9.17) is 10.00 Å². The number of hydrogen-bond donors (Lipinski definition) is 0. The fraction of sp³-hybridized carbons (Fsp3) is 0.417. The van der Waals surface area contributed by atoms with Gasteiger partial charge in [-0.2, -0.15) is 18.4 Å². The lowest BCUT2D eigenvalue weighted by Crippen LogP contribution is -2.42. The molecule has 0 bridgehead atoms. The topological polar surface area (TPSA) is 36.3 Å². The Kier molecular flexibility index (Phi) is 3.43. The highest BCUT2D eigenvalue weighted by Gasteiger charge is 2.35. The van der Waals surface area contributed by atoms with Crippen molar-refractivity contribution < 1.29 is 17.9 Å². The van der Waals surface area contributed by atoms with Crippen LogP contribution in [-0.2, 0) is 10.9 Å². The number of halogens is 3. The van der Waals surface area contributed by atoms with Gasteiger partial charge in [0, 0.05) is 12.2 Å². The average molecular weight is 256 g/mol. The zero-order valence-corrected chi connectivity index (χ0v) is 9.44. The molecular weight excluding hydrogens is 245 g/mol. The first-order valence-electron chi connectivity index (χ1n) is 5.45. The van der Waals surface area contributed by atoms with Crippen molar-refractivity contribution in [1.29, 1.82) is 5.26 Å². The van der Waals surface area contributed by atoms with Gasteiger partial charge in [0.15, 0.2) is 6.10 Å². The van der Waals surface area contributed by atoms with Crippen molar-refractivity contribution in [1.82, 2.24) is 0 Å². The third-order valence-electron chi connectivity index (χ3n) is 2.76. The fourth-order valence-corrected chi connectivity index (χ4v) is 1.94. The Hall–Kier alpha value is -1.74. The van der Waals surface area contributed by atoms with Gasteiger partial charge in [-0.05, 0) is 12.1 Å². The molecule has 1 atom stereocenters. The van der Waals surface area contributed by atoms with Gasteiger partial charge in [-0.25, -0.2) is 0 Å². The average Bonchev–Trinajstić information content (AvgIpc) is 2.38. The van der Waals surface area contributed by atoms with Crippen LogP contribution in [0.15, 0.2) is 24.3 Å². The van der Waals surface area contributed by atoms with Gasteiger partial charge in [0.2, 0.25) is 0 Å². The summed E-state index contributed by atoms with van der Waals surface area (Å²) in [5, 5.41) is 8.76. The number of alkyl halides is 3. The number of rotatable bonds is 1. The monoisotopic (exact) mass is 256 g/mol. The van der Waals surface area contributed by atoms with Gasteiger partial charge in [-0.15, -0.1) is 0 Å². The molecule has 0 radical (unpaired) electrons. The third-order valence-corrected chi connectivity index (χ3v) is 2.76. The van der Waals surface area contributed by atoms with E-state index in [0.29, 0.717) is 6.54 Å². The van der Waals surface area contributed by atoms with Crippen LogP contribution in [0.5, 0.6) is 0 Å². The molecular formula is C12H11F3N2O. The second kappa shape index (κ2) is 4.86. The van der Waals surface area contributed by atoms with Gasteiger partial charge in [0.05, 0.1) is 24.8 Å². The van der Waals surface area contributed by atoms with Crippen LogP contribution < -0.4 is 4.90 Å². The number of ether oxygens (including phenoxy) is 1. The molecule has 0 amide bonds. The molecule has 1 aromatic rings. The van der Waals surface area contributed by atoms with Gasteiger partial charge in [0.1, 0.15) is 0 Å². The highest BCUT2D eigenvalue weighted by molar-refractivity contribution is 5.55. The largest absolute Gasteiger partial charge is 0.418 e. The van der Waals surface area contributed by atoms with Crippen LogP contribution in [0.1, 0.15) is 5.56 Å². The number of hydrogen-bond acceptors (Lipinski definition) is 3. The lowest BCUT2D eigenvalue weighted by Gasteiger charge is -2.33. The normalized spacial score (nSPS) is 20.6. The fourth-order valence-electron chi connectivity index (χ4n) is 1.94. The standard InChI is InChI=1S/C12H11F3N2O/c13-12(14,15)10-3-1-2-4-11(10)17-5-6-18-9(7-16)8-17/h1-4,9H,5-6,8H2. The molecule has 1 aliphatic rings. The molecule has 1 saturated heterocycles. The zero-order valence-electron chi connectivity index (χ0n) is 9.44. The Bertz CT molecular complexity index is 467. The van der Waals surface area contributed by atoms with Crippen LogP contribution in [0.25, 0.3) is 0 Å². The first-order chi connectivity index (χ1) is 8.52. The molecule has 0 aliphatic carbocycles. The maximum absolute atomic E-state index is 12.9. The number of para-hydroxylation sites is 1. The van der Waals surface area contributed by atoms with E-state index >= 15 is 0 Å². The highest BCUT2D eigenvalue weighted by Crippen LogP contribution is 2.36. The summed E-state index contributed by atoms with van der Waals surface area (Å²) in [4.78, 5) is 1.54. The molecule has 1 aromatic carbocycles. The van der Waals surface area contributed by atoms with E-state index in [1.165, 1.54) is 12.1 Å². The molecule has 1 heterocycles. The molecule has 1 aliphatic heterocycles. The highest BCUT2D eigenvalue weighted by atomic mass is 19.4. The third kappa shape index (κ3) is 2.57. The van der Waals surface area contributed by atoms with Crippen LogP contribution in [-0.4, -0.2) is 25.8 Å². The summed E-state index contributed by atoms with van der Waals surface area (Å²) in [6.45, 7) is 0.763. The smallest absolute Gasteiger partial charge is 0.365 e. The minimum atomic E-state index is -4.39. The van der Waals surface area contributed by atoms with Crippen molar-refractivity contribution in [2.45, 2.75) is 12.3 Å². The molecule has 0 aromatic heterocycles. The summed E-state index contributed by atoms with van der Waals surface area (Å²) in [6.07, 6.45) is -5.07. The van der Waals surface area contributed by atoms with E-state index in [0.717, 1.165) is 6.07 Å². The Morgan fingerprint density at radius 2 is 2.06 bits per heavy atom.